The lowest BCUT2D eigenvalue weighted by atomic mass is 10.1. The minimum Gasteiger partial charge on any atom is -0.311 e. The molecule has 2 N–H and O–H groups in total. The van der Waals surface area contributed by atoms with Gasteiger partial charge in [0, 0.05) is 30.8 Å². The number of halogens is 4. The fourth-order valence-electron chi connectivity index (χ4n) is 2.22. The van der Waals surface area contributed by atoms with Crippen LogP contribution in [0.1, 0.15) is 5.56 Å². The van der Waals surface area contributed by atoms with Crippen molar-refractivity contribution in [1.82, 2.24) is 20.4 Å². The van der Waals surface area contributed by atoms with Gasteiger partial charge in [-0.1, -0.05) is 12.1 Å². The standard InChI is InChI=1S/C15H18F4N4/c1-23(10-15(17,18)19)6-5-20-8-12-9-21-22-14(12)11-3-2-4-13(16)7-11/h2-4,7,9,20H,5-6,8,10H2,1H3,(H,21,22). The summed E-state index contributed by atoms with van der Waals surface area (Å²) in [5, 5.41) is 9.82. The van der Waals surface area contributed by atoms with Gasteiger partial charge in [0.2, 0.25) is 0 Å². The molecule has 2 rings (SSSR count). The SMILES string of the molecule is CN(CCNCc1cn[nH]c1-c1cccc(F)c1)CC(F)(F)F. The number of nitrogens with one attached hydrogen (secondary N) is 2. The summed E-state index contributed by atoms with van der Waals surface area (Å²) in [4.78, 5) is 1.20. The van der Waals surface area contributed by atoms with Gasteiger partial charge in [-0.15, -0.1) is 0 Å². The van der Waals surface area contributed by atoms with E-state index in [-0.39, 0.29) is 12.4 Å². The molecule has 0 aliphatic heterocycles. The smallest absolute Gasteiger partial charge is 0.311 e. The van der Waals surface area contributed by atoms with Crippen molar-refractivity contribution in [3.8, 4) is 11.3 Å². The number of rotatable bonds is 7. The molecule has 0 amide bonds. The first-order valence-electron chi connectivity index (χ1n) is 7.09. The summed E-state index contributed by atoms with van der Waals surface area (Å²) in [7, 11) is 1.42. The Morgan fingerprint density at radius 3 is 2.78 bits per heavy atom. The van der Waals surface area contributed by atoms with Crippen LogP contribution >= 0.6 is 0 Å². The lowest BCUT2D eigenvalue weighted by Crippen LogP contribution is -2.35. The lowest BCUT2D eigenvalue weighted by Gasteiger charge is -2.18. The molecule has 126 valence electrons. The van der Waals surface area contributed by atoms with Crippen LogP contribution in [0.25, 0.3) is 11.3 Å². The van der Waals surface area contributed by atoms with Crippen LogP contribution in [0.4, 0.5) is 17.6 Å². The van der Waals surface area contributed by atoms with Crippen molar-refractivity contribution in [2.75, 3.05) is 26.7 Å². The molecule has 1 aromatic heterocycles. The third kappa shape index (κ3) is 5.65. The number of aromatic nitrogens is 2. The molecule has 0 aliphatic carbocycles. The third-order valence-corrected chi connectivity index (χ3v) is 3.27. The van der Waals surface area contributed by atoms with Crippen LogP contribution in [0.2, 0.25) is 0 Å². The van der Waals surface area contributed by atoms with Crippen LogP contribution in [-0.4, -0.2) is 48.0 Å². The molecule has 0 atom stereocenters. The second kappa shape index (κ2) is 7.56. The van der Waals surface area contributed by atoms with Gasteiger partial charge in [-0.2, -0.15) is 18.3 Å². The Bertz CT molecular complexity index is 624. The predicted molar refractivity (Wildman–Crippen MR) is 79.2 cm³/mol. The van der Waals surface area contributed by atoms with Crippen LogP contribution in [0, 0.1) is 5.82 Å². The number of hydrogen-bond acceptors (Lipinski definition) is 3. The fraction of sp³-hybridized carbons (Fsp3) is 0.400. The first kappa shape index (κ1) is 17.4. The van der Waals surface area contributed by atoms with Gasteiger partial charge < -0.3 is 5.32 Å². The minimum atomic E-state index is -4.19. The summed E-state index contributed by atoms with van der Waals surface area (Å²) < 4.78 is 49.9. The van der Waals surface area contributed by atoms with E-state index in [4.69, 9.17) is 0 Å². The van der Waals surface area contributed by atoms with E-state index in [9.17, 15) is 17.6 Å². The highest BCUT2D eigenvalue weighted by atomic mass is 19.4. The average molecular weight is 330 g/mol. The Labute approximate surface area is 131 Å². The topological polar surface area (TPSA) is 44.0 Å². The highest BCUT2D eigenvalue weighted by Crippen LogP contribution is 2.21. The lowest BCUT2D eigenvalue weighted by molar-refractivity contribution is -0.142. The van der Waals surface area contributed by atoms with E-state index in [0.717, 1.165) is 5.56 Å². The molecule has 4 nitrogen and oxygen atoms in total. The van der Waals surface area contributed by atoms with E-state index in [1.54, 1.807) is 18.3 Å². The van der Waals surface area contributed by atoms with Crippen molar-refractivity contribution in [2.24, 2.45) is 0 Å². The Kier molecular flexibility index (Phi) is 5.73. The largest absolute Gasteiger partial charge is 0.401 e. The number of aromatic amines is 1. The zero-order valence-corrected chi connectivity index (χ0v) is 12.6. The Balaban J connectivity index is 1.85. The maximum absolute atomic E-state index is 13.3. The van der Waals surface area contributed by atoms with E-state index in [0.29, 0.717) is 24.3 Å². The monoisotopic (exact) mass is 330 g/mol. The van der Waals surface area contributed by atoms with Gasteiger partial charge in [0.1, 0.15) is 5.82 Å². The van der Waals surface area contributed by atoms with E-state index >= 15 is 0 Å². The highest BCUT2D eigenvalue weighted by molar-refractivity contribution is 5.62. The van der Waals surface area contributed by atoms with Gasteiger partial charge in [0.05, 0.1) is 18.4 Å². The second-order valence-electron chi connectivity index (χ2n) is 5.31. The van der Waals surface area contributed by atoms with Crippen LogP contribution in [0.15, 0.2) is 30.5 Å². The normalized spacial score (nSPS) is 12.1. The number of alkyl halides is 3. The molecule has 1 aromatic carbocycles. The molecule has 0 aliphatic rings. The maximum atomic E-state index is 13.3. The molecule has 0 radical (unpaired) electrons. The van der Waals surface area contributed by atoms with Crippen LogP contribution < -0.4 is 5.32 Å². The predicted octanol–water partition coefficient (Wildman–Crippen LogP) is 2.80. The zero-order chi connectivity index (χ0) is 16.9. The zero-order valence-electron chi connectivity index (χ0n) is 12.6. The maximum Gasteiger partial charge on any atom is 0.401 e. The molecule has 0 bridgehead atoms. The van der Waals surface area contributed by atoms with E-state index in [2.05, 4.69) is 15.5 Å². The van der Waals surface area contributed by atoms with Gasteiger partial charge >= 0.3 is 6.18 Å². The van der Waals surface area contributed by atoms with E-state index < -0.39 is 12.7 Å². The molecule has 0 saturated carbocycles. The molecular formula is C15H18F4N4. The summed E-state index contributed by atoms with van der Waals surface area (Å²) in [5.41, 5.74) is 2.20. The summed E-state index contributed by atoms with van der Waals surface area (Å²) in [6, 6.07) is 6.12. The first-order chi connectivity index (χ1) is 10.8. The highest BCUT2D eigenvalue weighted by Gasteiger charge is 2.28. The molecule has 23 heavy (non-hydrogen) atoms. The Morgan fingerprint density at radius 1 is 1.30 bits per heavy atom. The van der Waals surface area contributed by atoms with Crippen molar-refractivity contribution in [3.05, 3.63) is 41.8 Å². The second-order valence-corrected chi connectivity index (χ2v) is 5.31. The molecule has 0 saturated heterocycles. The van der Waals surface area contributed by atoms with Crippen molar-refractivity contribution in [2.45, 2.75) is 12.7 Å². The molecule has 0 unspecified atom stereocenters. The molecule has 2 aromatic rings. The van der Waals surface area contributed by atoms with Gasteiger partial charge in [-0.3, -0.25) is 10.00 Å². The quantitative estimate of drug-likeness (QED) is 0.606. The Hall–Kier alpha value is -1.93. The number of likely N-dealkylation sites (N-methyl/N-ethyl adjacent to an activating group) is 1. The van der Waals surface area contributed by atoms with Gasteiger partial charge in [0.15, 0.2) is 0 Å². The number of H-pyrrole nitrogens is 1. The van der Waals surface area contributed by atoms with Gasteiger partial charge in [0.25, 0.3) is 0 Å². The van der Waals surface area contributed by atoms with Crippen LogP contribution in [0.5, 0.6) is 0 Å². The third-order valence-electron chi connectivity index (χ3n) is 3.27. The fourth-order valence-corrected chi connectivity index (χ4v) is 2.22. The molecule has 8 heteroatoms. The molecular weight excluding hydrogens is 312 g/mol. The number of nitrogens with zero attached hydrogens (tertiary/aromatic N) is 2. The minimum absolute atomic E-state index is 0.270. The number of benzene rings is 1. The molecule has 0 spiro atoms. The summed E-state index contributed by atoms with van der Waals surface area (Å²) in [6.07, 6.45) is -2.57. The van der Waals surface area contributed by atoms with Crippen molar-refractivity contribution in [3.63, 3.8) is 0 Å². The van der Waals surface area contributed by atoms with Gasteiger partial charge in [-0.25, -0.2) is 4.39 Å². The summed E-state index contributed by atoms with van der Waals surface area (Å²) in [6.45, 7) is 0.171. The molecule has 0 fully saturated rings. The van der Waals surface area contributed by atoms with Crippen LogP contribution in [-0.2, 0) is 6.54 Å². The summed E-state index contributed by atoms with van der Waals surface area (Å²) in [5.74, 6) is -0.343. The Morgan fingerprint density at radius 2 is 2.09 bits per heavy atom. The van der Waals surface area contributed by atoms with Crippen molar-refractivity contribution in [1.29, 1.82) is 0 Å². The van der Waals surface area contributed by atoms with E-state index in [1.165, 1.54) is 24.1 Å². The van der Waals surface area contributed by atoms with E-state index in [1.807, 2.05) is 0 Å². The number of hydrogen-bond donors (Lipinski definition) is 2. The molecule has 1 heterocycles. The van der Waals surface area contributed by atoms with Gasteiger partial charge in [-0.05, 0) is 19.2 Å². The van der Waals surface area contributed by atoms with Crippen molar-refractivity contribution >= 4 is 0 Å². The average Bonchev–Trinajstić information content (AvgIpc) is 2.90. The first-order valence-corrected chi connectivity index (χ1v) is 7.09. The van der Waals surface area contributed by atoms with Crippen LogP contribution in [0.3, 0.4) is 0 Å². The summed E-state index contributed by atoms with van der Waals surface area (Å²) >= 11 is 0. The van der Waals surface area contributed by atoms with Crippen molar-refractivity contribution < 1.29 is 17.6 Å².